The van der Waals surface area contributed by atoms with Crippen LogP contribution in [0.1, 0.15) is 0 Å². The van der Waals surface area contributed by atoms with Crippen molar-refractivity contribution in [3.05, 3.63) is 194 Å². The maximum absolute atomic E-state index is 2.40. The first-order valence-electron chi connectivity index (χ1n) is 16.4. The van der Waals surface area contributed by atoms with E-state index in [9.17, 15) is 0 Å². The zero-order valence-electron chi connectivity index (χ0n) is 26.4. The van der Waals surface area contributed by atoms with E-state index in [1.54, 1.807) is 0 Å². The normalized spacial score (nSPS) is 11.3. The molecule has 1 heterocycles. The second kappa shape index (κ2) is 11.8. The van der Waals surface area contributed by atoms with Gasteiger partial charge >= 0.3 is 0 Å². The lowest BCUT2D eigenvalue weighted by atomic mass is 10.0. The van der Waals surface area contributed by atoms with Gasteiger partial charge in [-0.15, -0.1) is 0 Å². The lowest BCUT2D eigenvalue weighted by Gasteiger charge is -2.26. The van der Waals surface area contributed by atoms with E-state index in [-0.39, 0.29) is 0 Å². The topological polar surface area (TPSA) is 8.17 Å². The zero-order chi connectivity index (χ0) is 31.9. The van der Waals surface area contributed by atoms with Crippen LogP contribution in [0.5, 0.6) is 0 Å². The fourth-order valence-corrected chi connectivity index (χ4v) is 7.02. The Bertz CT molecular complexity index is 2530. The first-order valence-corrected chi connectivity index (χ1v) is 16.4. The minimum atomic E-state index is 1.11. The summed E-state index contributed by atoms with van der Waals surface area (Å²) >= 11 is 0. The molecule has 0 amide bonds. The molecule has 0 aliphatic rings. The molecular formula is C46H32N2. The molecular weight excluding hydrogens is 581 g/mol. The monoisotopic (exact) mass is 612 g/mol. The van der Waals surface area contributed by atoms with E-state index in [0.717, 1.165) is 17.1 Å². The molecule has 0 aliphatic heterocycles. The van der Waals surface area contributed by atoms with E-state index in [4.69, 9.17) is 0 Å². The third-order valence-electron chi connectivity index (χ3n) is 9.33. The molecule has 9 rings (SSSR count). The molecule has 226 valence electrons. The minimum Gasteiger partial charge on any atom is -0.310 e. The molecule has 8 aromatic carbocycles. The van der Waals surface area contributed by atoms with Gasteiger partial charge in [-0.05, 0) is 106 Å². The summed E-state index contributed by atoms with van der Waals surface area (Å²) in [5, 5.41) is 5.01. The van der Waals surface area contributed by atoms with E-state index in [1.807, 2.05) is 0 Å². The third-order valence-corrected chi connectivity index (χ3v) is 9.33. The summed E-state index contributed by atoms with van der Waals surface area (Å²) in [6.07, 6.45) is 0. The summed E-state index contributed by atoms with van der Waals surface area (Å²) in [5.41, 5.74) is 11.7. The molecule has 0 fully saturated rings. The van der Waals surface area contributed by atoms with Gasteiger partial charge in [0.05, 0.1) is 11.0 Å². The Balaban J connectivity index is 1.18. The van der Waals surface area contributed by atoms with Crippen LogP contribution < -0.4 is 4.90 Å². The molecule has 9 aromatic rings. The van der Waals surface area contributed by atoms with Crippen LogP contribution in [0.4, 0.5) is 17.1 Å². The van der Waals surface area contributed by atoms with Crippen molar-refractivity contribution in [3.63, 3.8) is 0 Å². The van der Waals surface area contributed by atoms with E-state index < -0.39 is 0 Å². The van der Waals surface area contributed by atoms with Gasteiger partial charge in [-0.25, -0.2) is 0 Å². The second-order valence-corrected chi connectivity index (χ2v) is 12.3. The van der Waals surface area contributed by atoms with Crippen molar-refractivity contribution in [2.75, 3.05) is 4.90 Å². The standard InChI is InChI=1S/C46H32N2/c1-4-13-33(14-5-1)34-23-26-41(27-24-34)47(39-18-6-2-7-19-39)42-22-12-17-35(29-42)38-25-28-45-43(31-38)44-30-36-15-10-11-16-37(36)32-46(44)48(45)40-20-8-3-9-21-40/h1-32H. The highest BCUT2D eigenvalue weighted by molar-refractivity contribution is 6.14. The van der Waals surface area contributed by atoms with Crippen molar-refractivity contribution in [1.29, 1.82) is 0 Å². The van der Waals surface area contributed by atoms with Crippen LogP contribution in [0, 0.1) is 0 Å². The van der Waals surface area contributed by atoms with Gasteiger partial charge in [-0.1, -0.05) is 121 Å². The van der Waals surface area contributed by atoms with Crippen molar-refractivity contribution in [1.82, 2.24) is 4.57 Å². The zero-order valence-corrected chi connectivity index (χ0v) is 26.4. The first-order chi connectivity index (χ1) is 23.8. The summed E-state index contributed by atoms with van der Waals surface area (Å²) < 4.78 is 2.40. The number of nitrogens with zero attached hydrogens (tertiary/aromatic N) is 2. The lowest BCUT2D eigenvalue weighted by molar-refractivity contribution is 1.18. The third kappa shape index (κ3) is 4.92. The molecule has 0 aliphatic carbocycles. The van der Waals surface area contributed by atoms with Crippen LogP contribution in [0.3, 0.4) is 0 Å². The maximum atomic E-state index is 2.40. The number of para-hydroxylation sites is 2. The maximum Gasteiger partial charge on any atom is 0.0547 e. The van der Waals surface area contributed by atoms with Crippen molar-refractivity contribution < 1.29 is 0 Å². The van der Waals surface area contributed by atoms with Crippen molar-refractivity contribution in [2.45, 2.75) is 0 Å². The quantitative estimate of drug-likeness (QED) is 0.181. The minimum absolute atomic E-state index is 1.11. The SMILES string of the molecule is c1ccc(-c2ccc(N(c3ccccc3)c3cccc(-c4ccc5c(c4)c4cc6ccccc6cc4n5-c4ccccc4)c3)cc2)cc1. The molecule has 0 N–H and O–H groups in total. The van der Waals surface area contributed by atoms with Crippen LogP contribution in [-0.2, 0) is 0 Å². The molecule has 0 radical (unpaired) electrons. The van der Waals surface area contributed by atoms with Crippen molar-refractivity contribution in [2.24, 2.45) is 0 Å². The Hall–Kier alpha value is -6.38. The molecule has 0 unspecified atom stereocenters. The van der Waals surface area contributed by atoms with Gasteiger partial charge in [0.2, 0.25) is 0 Å². The van der Waals surface area contributed by atoms with Crippen LogP contribution in [-0.4, -0.2) is 4.57 Å². The molecule has 0 spiro atoms. The first kappa shape index (κ1) is 27.9. The van der Waals surface area contributed by atoms with Gasteiger partial charge in [0, 0.05) is 33.5 Å². The van der Waals surface area contributed by atoms with Gasteiger partial charge in [0.25, 0.3) is 0 Å². The van der Waals surface area contributed by atoms with Crippen LogP contribution in [0.25, 0.3) is 60.5 Å². The largest absolute Gasteiger partial charge is 0.310 e. The summed E-state index contributed by atoms with van der Waals surface area (Å²) in [6, 6.07) is 69.9. The van der Waals surface area contributed by atoms with Crippen molar-refractivity contribution >= 4 is 49.6 Å². The van der Waals surface area contributed by atoms with E-state index >= 15 is 0 Å². The molecule has 0 atom stereocenters. The highest BCUT2D eigenvalue weighted by Crippen LogP contribution is 2.40. The average Bonchev–Trinajstić information content (AvgIpc) is 3.48. The molecule has 2 nitrogen and oxygen atoms in total. The summed E-state index contributed by atoms with van der Waals surface area (Å²) in [7, 11) is 0. The number of fused-ring (bicyclic) bond motifs is 4. The van der Waals surface area contributed by atoms with E-state index in [0.29, 0.717) is 0 Å². The smallest absolute Gasteiger partial charge is 0.0547 e. The highest BCUT2D eigenvalue weighted by atomic mass is 15.1. The molecule has 1 aromatic heterocycles. The number of aromatic nitrogens is 1. The van der Waals surface area contributed by atoms with Gasteiger partial charge in [-0.2, -0.15) is 0 Å². The van der Waals surface area contributed by atoms with Gasteiger partial charge in [-0.3, -0.25) is 0 Å². The molecule has 48 heavy (non-hydrogen) atoms. The van der Waals surface area contributed by atoms with Gasteiger partial charge in [0.15, 0.2) is 0 Å². The van der Waals surface area contributed by atoms with Gasteiger partial charge < -0.3 is 9.47 Å². The Morgan fingerprint density at radius 1 is 0.312 bits per heavy atom. The molecule has 2 heteroatoms. The lowest BCUT2D eigenvalue weighted by Crippen LogP contribution is -2.09. The Morgan fingerprint density at radius 3 is 1.58 bits per heavy atom. The summed E-state index contributed by atoms with van der Waals surface area (Å²) in [6.45, 7) is 0. The van der Waals surface area contributed by atoms with Crippen LogP contribution in [0.2, 0.25) is 0 Å². The number of anilines is 3. The predicted octanol–water partition coefficient (Wildman–Crippen LogP) is 12.7. The number of hydrogen-bond acceptors (Lipinski definition) is 1. The average molecular weight is 613 g/mol. The fourth-order valence-electron chi connectivity index (χ4n) is 7.02. The second-order valence-electron chi connectivity index (χ2n) is 12.3. The predicted molar refractivity (Wildman–Crippen MR) is 204 cm³/mol. The number of rotatable bonds is 6. The van der Waals surface area contributed by atoms with E-state index in [1.165, 1.54) is 60.5 Å². The Labute approximate surface area is 280 Å². The number of hydrogen-bond donors (Lipinski definition) is 0. The fraction of sp³-hybridized carbons (Fsp3) is 0. The van der Waals surface area contributed by atoms with E-state index in [2.05, 4.69) is 204 Å². The van der Waals surface area contributed by atoms with Crippen LogP contribution >= 0.6 is 0 Å². The van der Waals surface area contributed by atoms with Crippen molar-refractivity contribution in [3.8, 4) is 27.9 Å². The number of benzene rings is 8. The van der Waals surface area contributed by atoms with Crippen LogP contribution in [0.15, 0.2) is 194 Å². The summed E-state index contributed by atoms with van der Waals surface area (Å²) in [5.74, 6) is 0. The van der Waals surface area contributed by atoms with Gasteiger partial charge in [0.1, 0.15) is 0 Å². The molecule has 0 saturated heterocycles. The summed E-state index contributed by atoms with van der Waals surface area (Å²) in [4.78, 5) is 2.34. The molecule has 0 saturated carbocycles. The Kier molecular flexibility index (Phi) is 6.84. The molecule has 0 bridgehead atoms. The highest BCUT2D eigenvalue weighted by Gasteiger charge is 2.17. The Morgan fingerprint density at radius 2 is 0.833 bits per heavy atom.